The van der Waals surface area contributed by atoms with Gasteiger partial charge in [0.25, 0.3) is 15.9 Å². The van der Waals surface area contributed by atoms with E-state index in [1.807, 2.05) is 54.0 Å². The van der Waals surface area contributed by atoms with Crippen molar-refractivity contribution >= 4 is 55.1 Å². The fourth-order valence-corrected chi connectivity index (χ4v) is 5.60. The fourth-order valence-electron chi connectivity index (χ4n) is 3.54. The van der Waals surface area contributed by atoms with Crippen LogP contribution in [0.2, 0.25) is 0 Å². The number of nitrogens with one attached hydrogen (secondary N) is 2. The third-order valence-electron chi connectivity index (χ3n) is 5.41. The molecule has 38 heavy (non-hydrogen) atoms. The van der Waals surface area contributed by atoms with Crippen molar-refractivity contribution in [3.8, 4) is 16.3 Å². The molecule has 5 aromatic rings. The van der Waals surface area contributed by atoms with Crippen LogP contribution in [0.1, 0.15) is 15.9 Å². The van der Waals surface area contributed by atoms with Crippen LogP contribution in [0.4, 0.5) is 5.69 Å². The molecule has 2 aromatic heterocycles. The number of nitrogens with zero attached hydrogens (tertiary/aromatic N) is 3. The average Bonchev–Trinajstić information content (AvgIpc) is 3.60. The summed E-state index contributed by atoms with van der Waals surface area (Å²) in [5, 5.41) is 10.8. The highest BCUT2D eigenvalue weighted by Gasteiger charge is 2.15. The molecule has 0 atom stereocenters. The molecule has 0 saturated heterocycles. The summed E-state index contributed by atoms with van der Waals surface area (Å²) in [5.41, 5.74) is 5.59. The van der Waals surface area contributed by atoms with Crippen LogP contribution in [0, 0.1) is 0 Å². The normalized spacial score (nSPS) is 11.5. The summed E-state index contributed by atoms with van der Waals surface area (Å²) in [4.78, 5) is 13.8. The Morgan fingerprint density at radius 2 is 1.68 bits per heavy atom. The van der Waals surface area contributed by atoms with Crippen molar-refractivity contribution in [1.82, 2.24) is 15.2 Å². The Labute approximate surface area is 231 Å². The van der Waals surface area contributed by atoms with E-state index in [-0.39, 0.29) is 4.90 Å². The molecule has 0 fully saturated rings. The summed E-state index contributed by atoms with van der Waals surface area (Å²) in [5.74, 6) is -0.434. The number of carbonyl (C=O) groups excluding carboxylic acids is 1. The number of amides is 1. The van der Waals surface area contributed by atoms with Crippen LogP contribution in [0.5, 0.6) is 0 Å². The second-order valence-electron chi connectivity index (χ2n) is 8.03. The molecule has 11 heteroatoms. The molecule has 0 bridgehead atoms. The van der Waals surface area contributed by atoms with E-state index < -0.39 is 15.9 Å². The van der Waals surface area contributed by atoms with Gasteiger partial charge < -0.3 is 0 Å². The van der Waals surface area contributed by atoms with Gasteiger partial charge in [0.1, 0.15) is 5.69 Å². The van der Waals surface area contributed by atoms with Crippen molar-refractivity contribution in [1.29, 1.82) is 0 Å². The number of hydrogen-bond acceptors (Lipinski definition) is 6. The number of carbonyl (C=O) groups is 1. The highest BCUT2D eigenvalue weighted by atomic mass is 79.9. The van der Waals surface area contributed by atoms with Crippen LogP contribution in [0.25, 0.3) is 16.3 Å². The molecule has 0 aliphatic rings. The van der Waals surface area contributed by atoms with E-state index in [2.05, 4.69) is 31.2 Å². The molecule has 0 radical (unpaired) electrons. The molecular weight excluding hydrogens is 586 g/mol. The smallest absolute Gasteiger partial charge is 0.271 e. The van der Waals surface area contributed by atoms with Gasteiger partial charge in [0, 0.05) is 27.5 Å². The molecule has 3 aromatic carbocycles. The first-order valence-corrected chi connectivity index (χ1v) is 14.5. The monoisotopic (exact) mass is 605 g/mol. The molecule has 8 nitrogen and oxygen atoms in total. The zero-order chi connectivity index (χ0) is 26.5. The van der Waals surface area contributed by atoms with E-state index in [9.17, 15) is 13.2 Å². The van der Waals surface area contributed by atoms with Gasteiger partial charge >= 0.3 is 0 Å². The maximum atomic E-state index is 12.6. The maximum absolute atomic E-state index is 12.6. The quantitative estimate of drug-likeness (QED) is 0.169. The van der Waals surface area contributed by atoms with Crippen molar-refractivity contribution < 1.29 is 13.2 Å². The topological polar surface area (TPSA) is 105 Å². The van der Waals surface area contributed by atoms with Gasteiger partial charge in [-0.3, -0.25) is 9.52 Å². The van der Waals surface area contributed by atoms with Crippen molar-refractivity contribution in [2.45, 2.75) is 4.90 Å². The second-order valence-corrected chi connectivity index (χ2v) is 11.6. The molecule has 0 unspecified atom stereocenters. The summed E-state index contributed by atoms with van der Waals surface area (Å²) >= 11 is 4.85. The third-order valence-corrected chi connectivity index (χ3v) is 8.21. The number of rotatable bonds is 8. The van der Waals surface area contributed by atoms with E-state index in [0.29, 0.717) is 11.3 Å². The lowest BCUT2D eigenvalue weighted by Crippen LogP contribution is -2.18. The van der Waals surface area contributed by atoms with Gasteiger partial charge in [-0.1, -0.05) is 40.2 Å². The molecule has 0 aliphatic heterocycles. The largest absolute Gasteiger partial charge is 0.280 e. The van der Waals surface area contributed by atoms with Gasteiger partial charge in [0.05, 0.1) is 21.7 Å². The average molecular weight is 607 g/mol. The van der Waals surface area contributed by atoms with E-state index in [1.54, 1.807) is 34.4 Å². The van der Waals surface area contributed by atoms with Crippen LogP contribution < -0.4 is 10.1 Å². The van der Waals surface area contributed by atoms with Crippen molar-refractivity contribution in [2.24, 2.45) is 5.10 Å². The number of hydrazone groups is 1. The summed E-state index contributed by atoms with van der Waals surface area (Å²) < 4.78 is 30.2. The Morgan fingerprint density at radius 1 is 0.947 bits per heavy atom. The third kappa shape index (κ3) is 5.91. The molecular formula is C27H20BrN5O3S2. The summed E-state index contributed by atoms with van der Waals surface area (Å²) in [6.45, 7) is 0. The predicted molar refractivity (Wildman–Crippen MR) is 153 cm³/mol. The Bertz CT molecular complexity index is 1680. The van der Waals surface area contributed by atoms with E-state index in [0.717, 1.165) is 26.3 Å². The van der Waals surface area contributed by atoms with Gasteiger partial charge in [-0.05, 0) is 72.1 Å². The highest BCUT2D eigenvalue weighted by molar-refractivity contribution is 9.10. The zero-order valence-electron chi connectivity index (χ0n) is 19.7. The number of hydrogen-bond donors (Lipinski definition) is 2. The molecule has 0 spiro atoms. The lowest BCUT2D eigenvalue weighted by atomic mass is 10.2. The molecule has 190 valence electrons. The van der Waals surface area contributed by atoms with Gasteiger partial charge in [0.15, 0.2) is 0 Å². The first-order valence-electron chi connectivity index (χ1n) is 11.3. The standard InChI is InChI=1S/C27H20BrN5O3S2/c28-21-10-14-24(15-11-21)38(35,36)32-22-12-8-19(9-13-22)27(34)30-29-17-20-18-33(23-5-2-1-3-6-23)31-26(20)25-7-4-16-37-25/h1-18,32H,(H,30,34). The van der Waals surface area contributed by atoms with E-state index in [4.69, 9.17) is 5.10 Å². The van der Waals surface area contributed by atoms with Crippen LogP contribution in [-0.2, 0) is 10.0 Å². The van der Waals surface area contributed by atoms with Crippen LogP contribution in [-0.4, -0.2) is 30.3 Å². The van der Waals surface area contributed by atoms with Gasteiger partial charge in [-0.25, -0.2) is 18.5 Å². The van der Waals surface area contributed by atoms with Gasteiger partial charge in [0.2, 0.25) is 0 Å². The predicted octanol–water partition coefficient (Wildman–Crippen LogP) is 5.93. The highest BCUT2D eigenvalue weighted by Crippen LogP contribution is 2.27. The summed E-state index contributed by atoms with van der Waals surface area (Å²) in [7, 11) is -3.75. The molecule has 0 saturated carbocycles. The number of para-hydroxylation sites is 1. The molecule has 0 aliphatic carbocycles. The zero-order valence-corrected chi connectivity index (χ0v) is 22.9. The lowest BCUT2D eigenvalue weighted by molar-refractivity contribution is 0.0955. The van der Waals surface area contributed by atoms with Gasteiger partial charge in [-0.15, -0.1) is 11.3 Å². The van der Waals surface area contributed by atoms with Gasteiger partial charge in [-0.2, -0.15) is 10.2 Å². The van der Waals surface area contributed by atoms with E-state index in [1.165, 1.54) is 36.4 Å². The number of anilines is 1. The number of halogens is 1. The number of benzene rings is 3. The Balaban J connectivity index is 1.28. The Morgan fingerprint density at radius 3 is 2.37 bits per heavy atom. The molecule has 2 N–H and O–H groups in total. The first-order chi connectivity index (χ1) is 18.4. The first kappa shape index (κ1) is 25.6. The minimum absolute atomic E-state index is 0.134. The fraction of sp³-hybridized carbons (Fsp3) is 0. The van der Waals surface area contributed by atoms with Crippen LogP contribution >= 0.6 is 27.3 Å². The van der Waals surface area contributed by atoms with Crippen molar-refractivity contribution in [3.63, 3.8) is 0 Å². The molecule has 2 heterocycles. The van der Waals surface area contributed by atoms with Crippen molar-refractivity contribution in [3.05, 3.63) is 118 Å². The summed E-state index contributed by atoms with van der Waals surface area (Å²) in [6, 6.07) is 26.0. The maximum Gasteiger partial charge on any atom is 0.271 e. The minimum atomic E-state index is -3.75. The van der Waals surface area contributed by atoms with Crippen molar-refractivity contribution in [2.75, 3.05) is 4.72 Å². The number of sulfonamides is 1. The molecule has 5 rings (SSSR count). The Kier molecular flexibility index (Phi) is 7.50. The number of thiophene rings is 1. The minimum Gasteiger partial charge on any atom is -0.280 e. The lowest BCUT2D eigenvalue weighted by Gasteiger charge is -2.09. The van der Waals surface area contributed by atoms with E-state index >= 15 is 0 Å². The summed E-state index contributed by atoms with van der Waals surface area (Å²) in [6.07, 6.45) is 3.41. The Hall–Kier alpha value is -4.06. The molecule has 1 amide bonds. The number of aromatic nitrogens is 2. The second kappa shape index (κ2) is 11.1. The SMILES string of the molecule is O=C(NN=Cc1cn(-c2ccccc2)nc1-c1cccs1)c1ccc(NS(=O)(=O)c2ccc(Br)cc2)cc1. The van der Waals surface area contributed by atoms with Crippen LogP contribution in [0.15, 0.2) is 117 Å². The van der Waals surface area contributed by atoms with Crippen LogP contribution in [0.3, 0.4) is 0 Å².